The number of aromatic amines is 1. The lowest BCUT2D eigenvalue weighted by Crippen LogP contribution is -2.27. The highest BCUT2D eigenvalue weighted by atomic mass is 32.2. The van der Waals surface area contributed by atoms with Crippen LogP contribution in [0.4, 0.5) is 11.5 Å². The van der Waals surface area contributed by atoms with Gasteiger partial charge >= 0.3 is 0 Å². The lowest BCUT2D eigenvalue weighted by Gasteiger charge is -2.20. The Morgan fingerprint density at radius 2 is 2.05 bits per heavy atom. The van der Waals surface area contributed by atoms with Crippen LogP contribution in [-0.4, -0.2) is 32.8 Å². The minimum absolute atomic E-state index is 0.00162. The van der Waals surface area contributed by atoms with Crippen molar-refractivity contribution < 1.29 is 13.2 Å². The van der Waals surface area contributed by atoms with E-state index in [0.29, 0.717) is 11.4 Å². The largest absolute Gasteiger partial charge is 0.495 e. The van der Waals surface area contributed by atoms with E-state index in [1.807, 2.05) is 0 Å². The predicted octanol–water partition coefficient (Wildman–Crippen LogP) is 0.826. The Kier molecular flexibility index (Phi) is 3.34. The van der Waals surface area contributed by atoms with Gasteiger partial charge in [-0.1, -0.05) is 12.1 Å². The zero-order valence-electron chi connectivity index (χ0n) is 10.5. The summed E-state index contributed by atoms with van der Waals surface area (Å²) in [5, 5.41) is 6.02. The first-order valence-corrected chi connectivity index (χ1v) is 6.83. The number of ether oxygens (including phenoxy) is 1. The normalized spacial score (nSPS) is 11.3. The summed E-state index contributed by atoms with van der Waals surface area (Å²) in [6.45, 7) is 0. The highest BCUT2D eigenvalue weighted by molar-refractivity contribution is 7.93. The highest BCUT2D eigenvalue weighted by Gasteiger charge is 2.26. The number of nitrogen functional groups attached to an aromatic ring is 1. The smallest absolute Gasteiger partial charge is 0.269 e. The number of hydrogen-bond donors (Lipinski definition) is 2. The second-order valence-electron chi connectivity index (χ2n) is 3.79. The number of nitrogens with two attached hydrogens (primary N) is 1. The first-order valence-electron chi connectivity index (χ1n) is 5.39. The topological polar surface area (TPSA) is 101 Å². The number of rotatable bonds is 4. The van der Waals surface area contributed by atoms with E-state index in [1.54, 1.807) is 24.3 Å². The van der Waals surface area contributed by atoms with Crippen molar-refractivity contribution in [3.63, 3.8) is 0 Å². The Balaban J connectivity index is 2.50. The van der Waals surface area contributed by atoms with Gasteiger partial charge in [-0.05, 0) is 12.1 Å². The maximum Gasteiger partial charge on any atom is 0.269 e. The number of anilines is 2. The summed E-state index contributed by atoms with van der Waals surface area (Å²) in [5.41, 5.74) is 5.98. The van der Waals surface area contributed by atoms with Gasteiger partial charge in [0, 0.05) is 7.05 Å². The van der Waals surface area contributed by atoms with Gasteiger partial charge in [0.15, 0.2) is 0 Å². The third-order valence-electron chi connectivity index (χ3n) is 2.70. The molecule has 0 aliphatic carbocycles. The van der Waals surface area contributed by atoms with Crippen LogP contribution in [0.15, 0.2) is 35.4 Å². The summed E-state index contributed by atoms with van der Waals surface area (Å²) < 4.78 is 31.1. The molecule has 2 rings (SSSR count). The summed E-state index contributed by atoms with van der Waals surface area (Å²) in [7, 11) is -0.870. The van der Waals surface area contributed by atoms with Gasteiger partial charge in [-0.3, -0.25) is 9.40 Å². The lowest BCUT2D eigenvalue weighted by molar-refractivity contribution is 0.416. The average molecular weight is 282 g/mol. The third-order valence-corrected chi connectivity index (χ3v) is 4.49. The summed E-state index contributed by atoms with van der Waals surface area (Å²) in [6.07, 6.45) is 1.18. The fourth-order valence-electron chi connectivity index (χ4n) is 1.66. The molecule has 0 saturated carbocycles. The molecule has 0 saturated heterocycles. The molecule has 0 fully saturated rings. The number of methoxy groups -OCH3 is 1. The second-order valence-corrected chi connectivity index (χ2v) is 5.73. The number of nitrogens with one attached hydrogen (secondary N) is 1. The quantitative estimate of drug-likeness (QED) is 0.864. The van der Waals surface area contributed by atoms with Crippen LogP contribution in [0.5, 0.6) is 5.75 Å². The molecule has 8 heteroatoms. The van der Waals surface area contributed by atoms with Crippen LogP contribution in [0.1, 0.15) is 0 Å². The van der Waals surface area contributed by atoms with E-state index >= 15 is 0 Å². The van der Waals surface area contributed by atoms with E-state index in [1.165, 1.54) is 20.4 Å². The Bertz CT molecular complexity index is 681. The molecule has 19 heavy (non-hydrogen) atoms. The molecule has 7 nitrogen and oxygen atoms in total. The van der Waals surface area contributed by atoms with Crippen molar-refractivity contribution >= 4 is 21.5 Å². The average Bonchev–Trinajstić information content (AvgIpc) is 2.84. The van der Waals surface area contributed by atoms with Crippen LogP contribution in [0.3, 0.4) is 0 Å². The van der Waals surface area contributed by atoms with Crippen LogP contribution < -0.4 is 14.8 Å². The van der Waals surface area contributed by atoms with Crippen molar-refractivity contribution in [2.24, 2.45) is 0 Å². The van der Waals surface area contributed by atoms with Crippen LogP contribution in [0.2, 0.25) is 0 Å². The van der Waals surface area contributed by atoms with Gasteiger partial charge in [0.1, 0.15) is 16.5 Å². The molecule has 3 N–H and O–H groups in total. The van der Waals surface area contributed by atoms with Crippen molar-refractivity contribution in [3.8, 4) is 5.75 Å². The summed E-state index contributed by atoms with van der Waals surface area (Å²) in [4.78, 5) is -0.0686. The standard InChI is InChI=1S/C11H14N4O3S/c1-15(8-5-3-4-6-9(8)18-2)19(16,17)10-7-13-14-11(10)12/h3-7H,1-2H3,(H3,12,13,14). The molecule has 1 aromatic heterocycles. The number of nitrogens with zero attached hydrogens (tertiary/aromatic N) is 2. The van der Waals surface area contributed by atoms with Crippen molar-refractivity contribution in [3.05, 3.63) is 30.5 Å². The molecule has 102 valence electrons. The Morgan fingerprint density at radius 1 is 1.37 bits per heavy atom. The lowest BCUT2D eigenvalue weighted by atomic mass is 10.3. The maximum absolute atomic E-state index is 12.4. The number of para-hydroxylation sites is 2. The third kappa shape index (κ3) is 2.22. The molecule has 2 aromatic rings. The molecule has 0 bridgehead atoms. The maximum atomic E-state index is 12.4. The van der Waals surface area contributed by atoms with E-state index in [2.05, 4.69) is 10.2 Å². The number of benzene rings is 1. The number of hydrogen-bond acceptors (Lipinski definition) is 5. The number of H-pyrrole nitrogens is 1. The van der Waals surface area contributed by atoms with Crippen molar-refractivity contribution in [2.45, 2.75) is 4.90 Å². The molecule has 0 spiro atoms. The zero-order chi connectivity index (χ0) is 14.0. The van der Waals surface area contributed by atoms with E-state index in [9.17, 15) is 8.42 Å². The van der Waals surface area contributed by atoms with Crippen LogP contribution in [0, 0.1) is 0 Å². The van der Waals surface area contributed by atoms with Gasteiger partial charge < -0.3 is 10.5 Å². The molecule has 0 radical (unpaired) electrons. The van der Waals surface area contributed by atoms with Gasteiger partial charge in [0.05, 0.1) is 19.0 Å². The molecule has 1 heterocycles. The number of aromatic nitrogens is 2. The van der Waals surface area contributed by atoms with Crippen LogP contribution >= 0.6 is 0 Å². The van der Waals surface area contributed by atoms with Gasteiger partial charge in [-0.25, -0.2) is 8.42 Å². The van der Waals surface area contributed by atoms with Crippen LogP contribution in [-0.2, 0) is 10.0 Å². The Morgan fingerprint density at radius 3 is 2.63 bits per heavy atom. The summed E-state index contributed by atoms with van der Waals surface area (Å²) in [6, 6.07) is 6.81. The molecular formula is C11H14N4O3S. The summed E-state index contributed by atoms with van der Waals surface area (Å²) >= 11 is 0. The minimum Gasteiger partial charge on any atom is -0.495 e. The Hall–Kier alpha value is -2.22. The first-order chi connectivity index (χ1) is 8.98. The van der Waals surface area contributed by atoms with E-state index in [0.717, 1.165) is 4.31 Å². The molecule has 0 atom stereocenters. The van der Waals surface area contributed by atoms with Crippen molar-refractivity contribution in [2.75, 3.05) is 24.2 Å². The minimum atomic E-state index is -3.78. The zero-order valence-corrected chi connectivity index (χ0v) is 11.3. The van der Waals surface area contributed by atoms with E-state index in [4.69, 9.17) is 10.5 Å². The highest BCUT2D eigenvalue weighted by Crippen LogP contribution is 2.31. The van der Waals surface area contributed by atoms with Crippen molar-refractivity contribution in [1.82, 2.24) is 10.2 Å². The monoisotopic (exact) mass is 282 g/mol. The summed E-state index contributed by atoms with van der Waals surface area (Å²) in [5.74, 6) is 0.456. The SMILES string of the molecule is COc1ccccc1N(C)S(=O)(=O)c1cn[nH]c1N. The molecule has 0 aliphatic heterocycles. The molecule has 1 aromatic carbocycles. The Labute approximate surface area is 111 Å². The molecule has 0 amide bonds. The predicted molar refractivity (Wildman–Crippen MR) is 71.6 cm³/mol. The number of sulfonamides is 1. The fourth-order valence-corrected chi connectivity index (χ4v) is 2.87. The van der Waals surface area contributed by atoms with Gasteiger partial charge in [-0.15, -0.1) is 0 Å². The molecular weight excluding hydrogens is 268 g/mol. The van der Waals surface area contributed by atoms with Gasteiger partial charge in [0.2, 0.25) is 0 Å². The second kappa shape index (κ2) is 4.81. The molecule has 0 aliphatic rings. The van der Waals surface area contributed by atoms with Gasteiger partial charge in [-0.2, -0.15) is 5.10 Å². The molecule has 0 unspecified atom stereocenters. The van der Waals surface area contributed by atoms with E-state index < -0.39 is 10.0 Å². The van der Waals surface area contributed by atoms with Gasteiger partial charge in [0.25, 0.3) is 10.0 Å². The van der Waals surface area contributed by atoms with Crippen LogP contribution in [0.25, 0.3) is 0 Å². The first kappa shape index (κ1) is 13.2. The fraction of sp³-hybridized carbons (Fsp3) is 0.182. The van der Waals surface area contributed by atoms with Crippen molar-refractivity contribution in [1.29, 1.82) is 0 Å². The van der Waals surface area contributed by atoms with E-state index in [-0.39, 0.29) is 10.7 Å².